The van der Waals surface area contributed by atoms with Crippen molar-refractivity contribution in [2.45, 2.75) is 38.0 Å². The van der Waals surface area contributed by atoms with Crippen molar-refractivity contribution in [3.8, 4) is 0 Å². The van der Waals surface area contributed by atoms with Crippen LogP contribution in [0.15, 0.2) is 12.1 Å². The number of hydrogen-bond donors (Lipinski definition) is 0. The summed E-state index contributed by atoms with van der Waals surface area (Å²) in [5.41, 5.74) is 0. The van der Waals surface area contributed by atoms with Gasteiger partial charge in [0.05, 0.1) is 21.8 Å². The molecule has 2 rings (SSSR count). The maximum Gasteiger partial charge on any atom is 0.401 e. The minimum absolute atomic E-state index is 0.129. The number of thiophene rings is 1. The first kappa shape index (κ1) is 14.8. The highest BCUT2D eigenvalue weighted by atomic mass is 35.5. The fraction of sp³-hybridized carbons (Fsp3) is 0.583. The number of ketones is 1. The molecule has 1 aromatic rings. The molecule has 106 valence electrons. The molecule has 1 aliphatic carbocycles. The summed E-state index contributed by atoms with van der Waals surface area (Å²) < 4.78 is 38.1. The van der Waals surface area contributed by atoms with E-state index in [-0.39, 0.29) is 11.8 Å². The van der Waals surface area contributed by atoms with Crippen LogP contribution in [-0.4, -0.2) is 35.5 Å². The Hall–Kier alpha value is -0.590. The third kappa shape index (κ3) is 3.94. The Morgan fingerprint density at radius 3 is 2.58 bits per heavy atom. The van der Waals surface area contributed by atoms with Crippen LogP contribution in [-0.2, 0) is 0 Å². The molecule has 0 saturated heterocycles. The molecule has 1 heterocycles. The van der Waals surface area contributed by atoms with Gasteiger partial charge in [-0.05, 0) is 31.9 Å². The van der Waals surface area contributed by atoms with Crippen LogP contribution in [0.4, 0.5) is 13.2 Å². The molecule has 0 N–H and O–H groups in total. The van der Waals surface area contributed by atoms with Crippen LogP contribution in [0.5, 0.6) is 0 Å². The Bertz CT molecular complexity index is 470. The molecule has 7 heteroatoms. The Kier molecular flexibility index (Phi) is 4.23. The van der Waals surface area contributed by atoms with Gasteiger partial charge in [-0.2, -0.15) is 13.2 Å². The topological polar surface area (TPSA) is 20.3 Å². The first-order valence-corrected chi connectivity index (χ1v) is 7.09. The van der Waals surface area contributed by atoms with E-state index < -0.39 is 18.8 Å². The summed E-state index contributed by atoms with van der Waals surface area (Å²) in [4.78, 5) is 13.8. The number of alkyl halides is 3. The average molecular weight is 312 g/mol. The zero-order chi connectivity index (χ0) is 14.2. The van der Waals surface area contributed by atoms with E-state index in [1.165, 1.54) is 11.8 Å². The van der Waals surface area contributed by atoms with E-state index >= 15 is 0 Å². The summed E-state index contributed by atoms with van der Waals surface area (Å²) in [6.07, 6.45) is -2.85. The third-order valence-corrected chi connectivity index (χ3v) is 4.32. The number of carbonyl (C=O) groups excluding carboxylic acids is 1. The predicted octanol–water partition coefficient (Wildman–Crippen LogP) is 4.00. The van der Waals surface area contributed by atoms with Crippen LogP contribution in [0.3, 0.4) is 0 Å². The zero-order valence-electron chi connectivity index (χ0n) is 10.2. The predicted molar refractivity (Wildman–Crippen MR) is 68.9 cm³/mol. The minimum atomic E-state index is -4.29. The van der Waals surface area contributed by atoms with Crippen molar-refractivity contribution in [1.29, 1.82) is 0 Å². The third-order valence-electron chi connectivity index (χ3n) is 3.07. The van der Waals surface area contributed by atoms with Gasteiger partial charge >= 0.3 is 6.18 Å². The zero-order valence-corrected chi connectivity index (χ0v) is 11.8. The van der Waals surface area contributed by atoms with Crippen molar-refractivity contribution in [3.05, 3.63) is 21.3 Å². The molecule has 2 nitrogen and oxygen atoms in total. The van der Waals surface area contributed by atoms with Crippen LogP contribution in [0.1, 0.15) is 29.4 Å². The number of nitrogens with zero attached hydrogens (tertiary/aromatic N) is 1. The lowest BCUT2D eigenvalue weighted by Crippen LogP contribution is -2.45. The molecule has 1 saturated carbocycles. The van der Waals surface area contributed by atoms with Gasteiger partial charge in [0, 0.05) is 6.04 Å². The molecule has 1 aliphatic rings. The number of rotatable bonds is 5. The van der Waals surface area contributed by atoms with Gasteiger partial charge in [-0.3, -0.25) is 9.69 Å². The second-order valence-corrected chi connectivity index (χ2v) is 6.38. The summed E-state index contributed by atoms with van der Waals surface area (Å²) in [5.74, 6) is -0.298. The molecule has 1 atom stereocenters. The van der Waals surface area contributed by atoms with Crippen LogP contribution in [0.25, 0.3) is 0 Å². The van der Waals surface area contributed by atoms with Gasteiger partial charge in [0.15, 0.2) is 5.78 Å². The first-order valence-electron chi connectivity index (χ1n) is 5.90. The lowest BCUT2D eigenvalue weighted by Gasteiger charge is -2.28. The van der Waals surface area contributed by atoms with E-state index in [2.05, 4.69) is 0 Å². The van der Waals surface area contributed by atoms with Crippen molar-refractivity contribution in [2.24, 2.45) is 0 Å². The molecule has 0 spiro atoms. The normalized spacial score (nSPS) is 17.8. The standard InChI is InChI=1S/C12H13ClF3NOS/c1-7(11(18)9-4-5-10(13)19-9)17(8-2-3-8)6-12(14,15)16/h4-5,7-8H,2-3,6H2,1H3. The second kappa shape index (κ2) is 5.42. The fourth-order valence-electron chi connectivity index (χ4n) is 2.00. The van der Waals surface area contributed by atoms with Gasteiger partial charge in [0.25, 0.3) is 0 Å². The molecule has 1 unspecified atom stereocenters. The van der Waals surface area contributed by atoms with Crippen molar-refractivity contribution in [2.75, 3.05) is 6.54 Å². The van der Waals surface area contributed by atoms with Gasteiger partial charge in [-0.25, -0.2) is 0 Å². The Balaban J connectivity index is 2.10. The number of halogens is 4. The summed E-state index contributed by atoms with van der Waals surface area (Å²) in [5, 5.41) is 0. The van der Waals surface area contributed by atoms with E-state index in [1.54, 1.807) is 12.1 Å². The summed E-state index contributed by atoms with van der Waals surface area (Å²) in [6, 6.07) is 2.24. The monoisotopic (exact) mass is 311 g/mol. The highest BCUT2D eigenvalue weighted by Crippen LogP contribution is 2.33. The lowest BCUT2D eigenvalue weighted by atomic mass is 10.1. The highest BCUT2D eigenvalue weighted by molar-refractivity contribution is 7.18. The van der Waals surface area contributed by atoms with Gasteiger partial charge < -0.3 is 0 Å². The molecular formula is C12H13ClF3NOS. The molecule has 19 heavy (non-hydrogen) atoms. The van der Waals surface area contributed by atoms with Crippen molar-refractivity contribution < 1.29 is 18.0 Å². The lowest BCUT2D eigenvalue weighted by molar-refractivity contribution is -0.149. The minimum Gasteiger partial charge on any atom is -0.291 e. The average Bonchev–Trinajstić information content (AvgIpc) is 3.05. The van der Waals surface area contributed by atoms with Crippen LogP contribution >= 0.6 is 22.9 Å². The van der Waals surface area contributed by atoms with E-state index in [0.717, 1.165) is 24.2 Å². The summed E-state index contributed by atoms with van der Waals surface area (Å²) in [7, 11) is 0. The summed E-state index contributed by atoms with van der Waals surface area (Å²) >= 11 is 6.84. The van der Waals surface area contributed by atoms with Gasteiger partial charge in [-0.1, -0.05) is 11.6 Å². The molecule has 0 aliphatic heterocycles. The largest absolute Gasteiger partial charge is 0.401 e. The van der Waals surface area contributed by atoms with Crippen LogP contribution < -0.4 is 0 Å². The summed E-state index contributed by atoms with van der Waals surface area (Å²) in [6.45, 7) is 0.490. The highest BCUT2D eigenvalue weighted by Gasteiger charge is 2.42. The van der Waals surface area contributed by atoms with Gasteiger partial charge in [0.2, 0.25) is 0 Å². The van der Waals surface area contributed by atoms with E-state index in [9.17, 15) is 18.0 Å². The second-order valence-electron chi connectivity index (χ2n) is 4.66. The van der Waals surface area contributed by atoms with Crippen molar-refractivity contribution >= 4 is 28.7 Å². The van der Waals surface area contributed by atoms with Crippen molar-refractivity contribution in [3.63, 3.8) is 0 Å². The smallest absolute Gasteiger partial charge is 0.291 e. The molecule has 0 radical (unpaired) electrons. The van der Waals surface area contributed by atoms with Crippen molar-refractivity contribution in [1.82, 2.24) is 4.90 Å². The fourth-order valence-corrected chi connectivity index (χ4v) is 3.06. The Labute approximate surface area is 118 Å². The van der Waals surface area contributed by atoms with Gasteiger partial charge in [0.1, 0.15) is 0 Å². The number of Topliss-reactive ketones (excluding diaryl/α,β-unsaturated/α-hetero) is 1. The molecule has 1 aromatic heterocycles. The SMILES string of the molecule is CC(C(=O)c1ccc(Cl)s1)N(CC(F)(F)F)C1CC1. The van der Waals surface area contributed by atoms with E-state index in [0.29, 0.717) is 9.21 Å². The van der Waals surface area contributed by atoms with Gasteiger partial charge in [-0.15, -0.1) is 11.3 Å². The molecule has 0 aromatic carbocycles. The number of hydrogen-bond acceptors (Lipinski definition) is 3. The van der Waals surface area contributed by atoms with E-state index in [4.69, 9.17) is 11.6 Å². The first-order chi connectivity index (χ1) is 8.78. The Morgan fingerprint density at radius 2 is 2.16 bits per heavy atom. The van der Waals surface area contributed by atoms with Crippen LogP contribution in [0, 0.1) is 0 Å². The molecule has 1 fully saturated rings. The van der Waals surface area contributed by atoms with E-state index in [1.807, 2.05) is 0 Å². The maximum absolute atomic E-state index is 12.6. The molecule has 0 bridgehead atoms. The quantitative estimate of drug-likeness (QED) is 0.766. The molecule has 0 amide bonds. The number of carbonyl (C=O) groups is 1. The molecular weight excluding hydrogens is 299 g/mol. The van der Waals surface area contributed by atoms with Crippen LogP contribution in [0.2, 0.25) is 4.34 Å². The maximum atomic E-state index is 12.6. The Morgan fingerprint density at radius 1 is 1.53 bits per heavy atom.